The minimum atomic E-state index is -4.32. The summed E-state index contributed by atoms with van der Waals surface area (Å²) in [5.74, 6) is 0. The molecule has 0 bridgehead atoms. The van der Waals surface area contributed by atoms with Gasteiger partial charge in [-0.15, -0.1) is 0 Å². The van der Waals surface area contributed by atoms with E-state index in [0.717, 1.165) is 11.8 Å². The Morgan fingerprint density at radius 1 is 1.19 bits per heavy atom. The van der Waals surface area contributed by atoms with E-state index in [0.29, 0.717) is 11.9 Å². The Morgan fingerprint density at radius 2 is 1.86 bits per heavy atom. The van der Waals surface area contributed by atoms with Crippen LogP contribution in [0, 0.1) is 0 Å². The summed E-state index contributed by atoms with van der Waals surface area (Å²) in [5, 5.41) is 3.42. The van der Waals surface area contributed by atoms with Gasteiger partial charge in [0.2, 0.25) is 0 Å². The second-order valence-corrected chi connectivity index (χ2v) is 5.73. The maximum atomic E-state index is 13.2. The maximum absolute atomic E-state index is 13.2. The summed E-state index contributed by atoms with van der Waals surface area (Å²) in [4.78, 5) is 0. The number of likely N-dealkylation sites (N-methyl/N-ethyl adjacent to an activating group) is 1. The third-order valence-electron chi connectivity index (χ3n) is 3.79. The van der Waals surface area contributed by atoms with E-state index in [9.17, 15) is 13.2 Å². The van der Waals surface area contributed by atoms with Crippen molar-refractivity contribution in [2.75, 3.05) is 7.05 Å². The summed E-state index contributed by atoms with van der Waals surface area (Å²) < 4.78 is 41.5. The number of alkyl halides is 3. The molecule has 1 aromatic heterocycles. The fraction of sp³-hybridized carbons (Fsp3) is 0.500. The van der Waals surface area contributed by atoms with Crippen LogP contribution < -0.4 is 5.32 Å². The minimum absolute atomic E-state index is 0.116. The summed E-state index contributed by atoms with van der Waals surface area (Å²) in [6.07, 6.45) is -3.63. The second-order valence-electron chi connectivity index (χ2n) is 5.73. The molecule has 0 amide bonds. The Morgan fingerprint density at radius 3 is 2.38 bits per heavy atom. The average molecular weight is 298 g/mol. The molecule has 0 aliphatic heterocycles. The molecule has 0 saturated heterocycles. The van der Waals surface area contributed by atoms with Crippen molar-refractivity contribution < 1.29 is 13.2 Å². The average Bonchev–Trinajstić information content (AvgIpc) is 2.74. The molecule has 0 fully saturated rings. The monoisotopic (exact) mass is 298 g/mol. The van der Waals surface area contributed by atoms with Crippen LogP contribution in [-0.2, 0) is 12.6 Å². The highest BCUT2D eigenvalue weighted by Crippen LogP contribution is 2.37. The summed E-state index contributed by atoms with van der Waals surface area (Å²) >= 11 is 0. The summed E-state index contributed by atoms with van der Waals surface area (Å²) in [7, 11) is 1.86. The first-order valence-corrected chi connectivity index (χ1v) is 7.13. The Balaban J connectivity index is 2.67. The number of hydrogen-bond donors (Lipinski definition) is 1. The van der Waals surface area contributed by atoms with Gasteiger partial charge in [0.15, 0.2) is 0 Å². The predicted molar refractivity (Wildman–Crippen MR) is 79.6 cm³/mol. The molecule has 0 radical (unpaired) electrons. The van der Waals surface area contributed by atoms with Crippen LogP contribution in [0.15, 0.2) is 24.3 Å². The van der Waals surface area contributed by atoms with Crippen LogP contribution in [0.4, 0.5) is 13.2 Å². The SMILES string of the molecule is CNC(C)Cc1cc2c(C(F)(F)F)cccc2n1C(C)C. The van der Waals surface area contributed by atoms with Crippen LogP contribution in [0.5, 0.6) is 0 Å². The lowest BCUT2D eigenvalue weighted by Crippen LogP contribution is -2.25. The lowest BCUT2D eigenvalue weighted by Gasteiger charge is -2.17. The third-order valence-corrected chi connectivity index (χ3v) is 3.79. The number of rotatable bonds is 4. The van der Waals surface area contributed by atoms with E-state index in [4.69, 9.17) is 0 Å². The van der Waals surface area contributed by atoms with E-state index >= 15 is 0 Å². The molecule has 1 unspecified atom stereocenters. The van der Waals surface area contributed by atoms with Crippen molar-refractivity contribution >= 4 is 10.9 Å². The van der Waals surface area contributed by atoms with Crippen molar-refractivity contribution in [1.29, 1.82) is 0 Å². The number of aromatic nitrogens is 1. The zero-order valence-corrected chi connectivity index (χ0v) is 12.8. The number of fused-ring (bicyclic) bond motifs is 1. The molecule has 1 heterocycles. The van der Waals surface area contributed by atoms with Crippen LogP contribution in [0.1, 0.15) is 38.1 Å². The van der Waals surface area contributed by atoms with Crippen molar-refractivity contribution in [3.63, 3.8) is 0 Å². The smallest absolute Gasteiger partial charge is 0.342 e. The van der Waals surface area contributed by atoms with Gasteiger partial charge in [0.1, 0.15) is 0 Å². The van der Waals surface area contributed by atoms with Gasteiger partial charge >= 0.3 is 6.18 Å². The summed E-state index contributed by atoms with van der Waals surface area (Å²) in [6, 6.07) is 6.41. The molecule has 2 aromatic rings. The number of benzene rings is 1. The fourth-order valence-corrected chi connectivity index (χ4v) is 2.74. The van der Waals surface area contributed by atoms with E-state index in [2.05, 4.69) is 5.32 Å². The van der Waals surface area contributed by atoms with Crippen molar-refractivity contribution in [2.24, 2.45) is 0 Å². The quantitative estimate of drug-likeness (QED) is 0.885. The highest BCUT2D eigenvalue weighted by atomic mass is 19.4. The minimum Gasteiger partial charge on any atom is -0.342 e. The molecule has 2 nitrogen and oxygen atoms in total. The topological polar surface area (TPSA) is 17.0 Å². The second kappa shape index (κ2) is 5.72. The van der Waals surface area contributed by atoms with Gasteiger partial charge in [0.05, 0.1) is 5.56 Å². The summed E-state index contributed by atoms with van der Waals surface area (Å²) in [6.45, 7) is 6.01. The van der Waals surface area contributed by atoms with Gasteiger partial charge in [0.25, 0.3) is 0 Å². The zero-order valence-electron chi connectivity index (χ0n) is 12.8. The van der Waals surface area contributed by atoms with Crippen LogP contribution in [-0.4, -0.2) is 17.7 Å². The first kappa shape index (κ1) is 15.9. The van der Waals surface area contributed by atoms with Crippen molar-refractivity contribution in [3.8, 4) is 0 Å². The highest BCUT2D eigenvalue weighted by Gasteiger charge is 2.33. The molecule has 0 saturated carbocycles. The van der Waals surface area contributed by atoms with Gasteiger partial charge in [-0.25, -0.2) is 0 Å². The number of nitrogens with one attached hydrogen (secondary N) is 1. The molecule has 0 aliphatic rings. The van der Waals surface area contributed by atoms with Gasteiger partial charge in [0, 0.05) is 35.1 Å². The summed E-state index contributed by atoms with van der Waals surface area (Å²) in [5.41, 5.74) is 1.02. The molecule has 0 spiro atoms. The molecular formula is C16H21F3N2. The maximum Gasteiger partial charge on any atom is 0.417 e. The van der Waals surface area contributed by atoms with Crippen molar-refractivity contribution in [1.82, 2.24) is 9.88 Å². The van der Waals surface area contributed by atoms with E-state index in [1.807, 2.05) is 32.4 Å². The Labute approximate surface area is 122 Å². The molecule has 5 heteroatoms. The normalized spacial score (nSPS) is 14.1. The van der Waals surface area contributed by atoms with Gasteiger partial charge in [-0.1, -0.05) is 6.07 Å². The lowest BCUT2D eigenvalue weighted by atomic mass is 10.1. The Hall–Kier alpha value is -1.49. The zero-order chi connectivity index (χ0) is 15.8. The van der Waals surface area contributed by atoms with E-state index in [1.165, 1.54) is 6.07 Å². The third kappa shape index (κ3) is 3.07. The predicted octanol–water partition coefficient (Wildman–Crippen LogP) is 4.39. The van der Waals surface area contributed by atoms with Gasteiger partial charge in [-0.05, 0) is 46.0 Å². The highest BCUT2D eigenvalue weighted by molar-refractivity contribution is 5.85. The largest absolute Gasteiger partial charge is 0.417 e. The lowest BCUT2D eigenvalue weighted by molar-refractivity contribution is -0.136. The van der Waals surface area contributed by atoms with Gasteiger partial charge < -0.3 is 9.88 Å². The fourth-order valence-electron chi connectivity index (χ4n) is 2.74. The van der Waals surface area contributed by atoms with E-state index in [1.54, 1.807) is 12.1 Å². The Kier molecular flexibility index (Phi) is 4.33. The van der Waals surface area contributed by atoms with Gasteiger partial charge in [-0.2, -0.15) is 13.2 Å². The van der Waals surface area contributed by atoms with Crippen molar-refractivity contribution in [2.45, 2.75) is 45.5 Å². The molecule has 21 heavy (non-hydrogen) atoms. The van der Waals surface area contributed by atoms with Gasteiger partial charge in [-0.3, -0.25) is 0 Å². The van der Waals surface area contributed by atoms with Crippen LogP contribution in [0.25, 0.3) is 10.9 Å². The molecule has 0 aliphatic carbocycles. The van der Waals surface area contributed by atoms with Crippen LogP contribution in [0.2, 0.25) is 0 Å². The van der Waals surface area contributed by atoms with Crippen LogP contribution in [0.3, 0.4) is 0 Å². The molecule has 1 atom stereocenters. The standard InChI is InChI=1S/C16H21F3N2/c1-10(2)21-12(8-11(3)20-4)9-13-14(16(17,18)19)6-5-7-15(13)21/h5-7,9-11,20H,8H2,1-4H3. The number of halogens is 3. The Bertz CT molecular complexity index is 626. The number of nitrogens with zero attached hydrogens (tertiary/aromatic N) is 1. The molecule has 116 valence electrons. The molecular weight excluding hydrogens is 277 g/mol. The first-order chi connectivity index (χ1) is 9.75. The van der Waals surface area contributed by atoms with Crippen LogP contribution >= 0.6 is 0 Å². The first-order valence-electron chi connectivity index (χ1n) is 7.13. The molecule has 1 N–H and O–H groups in total. The molecule has 1 aromatic carbocycles. The number of hydrogen-bond acceptors (Lipinski definition) is 1. The van der Waals surface area contributed by atoms with Crippen molar-refractivity contribution in [3.05, 3.63) is 35.5 Å². The van der Waals surface area contributed by atoms with E-state index in [-0.39, 0.29) is 17.5 Å². The molecule has 2 rings (SSSR count). The van der Waals surface area contributed by atoms with E-state index < -0.39 is 11.7 Å².